The number of hydrogen-bond donors (Lipinski definition) is 0. The van der Waals surface area contributed by atoms with E-state index >= 15 is 0 Å². The number of nitrogens with zero attached hydrogens (tertiary/aromatic N) is 1. The molecule has 1 aromatic carbocycles. The van der Waals surface area contributed by atoms with E-state index in [2.05, 4.69) is 5.16 Å². The molecule has 114 valence electrons. The highest BCUT2D eigenvalue weighted by Gasteiger charge is 2.34. The molecule has 2 aromatic rings. The summed E-state index contributed by atoms with van der Waals surface area (Å²) in [6.45, 7) is 0.331. The van der Waals surface area contributed by atoms with Crippen LogP contribution in [0.5, 0.6) is 5.75 Å². The highest BCUT2D eigenvalue weighted by Crippen LogP contribution is 2.43. The van der Waals surface area contributed by atoms with E-state index in [4.69, 9.17) is 20.9 Å². The van der Waals surface area contributed by atoms with Gasteiger partial charge in [-0.25, -0.2) is 0 Å². The molecule has 1 unspecified atom stereocenters. The highest BCUT2D eigenvalue weighted by molar-refractivity contribution is 7.85. The molecule has 22 heavy (non-hydrogen) atoms. The Morgan fingerprint density at radius 3 is 2.91 bits per heavy atom. The van der Waals surface area contributed by atoms with Gasteiger partial charge in [-0.05, 0) is 25.0 Å². The van der Waals surface area contributed by atoms with Gasteiger partial charge in [-0.1, -0.05) is 16.8 Å². The van der Waals surface area contributed by atoms with Gasteiger partial charge in [0.1, 0.15) is 6.61 Å². The number of fused-ring (bicyclic) bond motifs is 1. The maximum Gasteiger partial charge on any atom is 0.199 e. The minimum absolute atomic E-state index is 0.241. The molecule has 5 nitrogen and oxygen atoms in total. The summed E-state index contributed by atoms with van der Waals surface area (Å²) in [4.78, 5) is 13.2. The van der Waals surface area contributed by atoms with Gasteiger partial charge in [-0.2, -0.15) is 0 Å². The van der Waals surface area contributed by atoms with Crippen molar-refractivity contribution in [1.82, 2.24) is 5.16 Å². The SMILES string of the molecule is O=C(c1cnoc1C1CC1)c1ccc(Cl)c2c1S(=O)CCO2. The number of rotatable bonds is 3. The number of carbonyl (C=O) groups excluding carboxylic acids is 1. The van der Waals surface area contributed by atoms with Crippen molar-refractivity contribution in [2.75, 3.05) is 12.4 Å². The van der Waals surface area contributed by atoms with Gasteiger partial charge < -0.3 is 9.26 Å². The number of ether oxygens (including phenoxy) is 1. The summed E-state index contributed by atoms with van der Waals surface area (Å²) in [7, 11) is -1.30. The number of carbonyl (C=O) groups is 1. The molecule has 1 aliphatic heterocycles. The standard InChI is InChI=1S/C15H12ClNO4S/c16-11-4-3-9(15-14(11)20-5-6-22(15)19)12(18)10-7-17-21-13(10)8-1-2-8/h3-4,7-8H,1-2,5-6H2. The zero-order valence-electron chi connectivity index (χ0n) is 11.5. The van der Waals surface area contributed by atoms with E-state index in [1.54, 1.807) is 12.1 Å². The first kappa shape index (κ1) is 14.0. The lowest BCUT2D eigenvalue weighted by atomic mass is 10.0. The van der Waals surface area contributed by atoms with E-state index in [-0.39, 0.29) is 11.7 Å². The Balaban J connectivity index is 1.84. The molecule has 0 N–H and O–H groups in total. The Morgan fingerprint density at radius 2 is 2.14 bits per heavy atom. The van der Waals surface area contributed by atoms with E-state index in [9.17, 15) is 9.00 Å². The van der Waals surface area contributed by atoms with Crippen molar-refractivity contribution in [3.8, 4) is 5.75 Å². The number of hydrogen-bond acceptors (Lipinski definition) is 5. The molecule has 1 saturated carbocycles. The Morgan fingerprint density at radius 1 is 1.32 bits per heavy atom. The highest BCUT2D eigenvalue weighted by atomic mass is 35.5. The van der Waals surface area contributed by atoms with E-state index in [0.717, 1.165) is 12.8 Å². The second-order valence-corrected chi connectivity index (χ2v) is 7.27. The van der Waals surface area contributed by atoms with Gasteiger partial charge in [0.25, 0.3) is 0 Å². The predicted molar refractivity (Wildman–Crippen MR) is 80.1 cm³/mol. The largest absolute Gasteiger partial charge is 0.490 e. The molecule has 0 radical (unpaired) electrons. The van der Waals surface area contributed by atoms with Crippen LogP contribution in [0.1, 0.15) is 40.4 Å². The molecule has 2 aliphatic rings. The fourth-order valence-electron chi connectivity index (χ4n) is 2.60. The number of ketones is 1. The summed E-state index contributed by atoms with van der Waals surface area (Å²) in [6, 6.07) is 3.19. The summed E-state index contributed by atoms with van der Waals surface area (Å²) < 4.78 is 23.1. The first-order valence-corrected chi connectivity index (χ1v) is 8.69. The lowest BCUT2D eigenvalue weighted by Gasteiger charge is -2.20. The molecule has 0 bridgehead atoms. The third-order valence-corrected chi connectivity index (χ3v) is 5.54. The van der Waals surface area contributed by atoms with Gasteiger partial charge in [0, 0.05) is 11.5 Å². The summed E-state index contributed by atoms with van der Waals surface area (Å²) >= 11 is 6.10. The molecule has 1 atom stereocenters. The Labute approximate surface area is 134 Å². The topological polar surface area (TPSA) is 69.4 Å². The number of benzene rings is 1. The molecule has 1 aromatic heterocycles. The normalized spacial score (nSPS) is 20.3. The van der Waals surface area contributed by atoms with Gasteiger partial charge >= 0.3 is 0 Å². The van der Waals surface area contributed by atoms with Crippen molar-refractivity contribution in [1.29, 1.82) is 0 Å². The van der Waals surface area contributed by atoms with E-state index in [1.165, 1.54) is 6.20 Å². The Hall–Kier alpha value is -1.66. The molecule has 2 heterocycles. The number of halogens is 1. The van der Waals surface area contributed by atoms with Crippen molar-refractivity contribution in [2.24, 2.45) is 0 Å². The van der Waals surface area contributed by atoms with Crippen LogP contribution in [0, 0.1) is 0 Å². The minimum atomic E-state index is -1.30. The molecule has 0 spiro atoms. The van der Waals surface area contributed by atoms with Gasteiger partial charge in [0.05, 0.1) is 38.2 Å². The maximum atomic E-state index is 12.9. The van der Waals surface area contributed by atoms with Crippen molar-refractivity contribution < 1.29 is 18.3 Å². The monoisotopic (exact) mass is 337 g/mol. The van der Waals surface area contributed by atoms with Crippen LogP contribution in [-0.4, -0.2) is 27.5 Å². The fraction of sp³-hybridized carbons (Fsp3) is 0.333. The van der Waals surface area contributed by atoms with Crippen LogP contribution in [0.2, 0.25) is 5.02 Å². The fourth-order valence-corrected chi connectivity index (χ4v) is 4.09. The summed E-state index contributed by atoms with van der Waals surface area (Å²) in [5, 5.41) is 4.12. The quantitative estimate of drug-likeness (QED) is 0.805. The molecule has 4 rings (SSSR count). The smallest absolute Gasteiger partial charge is 0.199 e. The van der Waals surface area contributed by atoms with Crippen LogP contribution in [0.3, 0.4) is 0 Å². The first-order valence-electron chi connectivity index (χ1n) is 6.99. The van der Waals surface area contributed by atoms with Crippen molar-refractivity contribution in [3.05, 3.63) is 40.2 Å². The lowest BCUT2D eigenvalue weighted by Crippen LogP contribution is -2.20. The van der Waals surface area contributed by atoms with Crippen LogP contribution in [0.25, 0.3) is 0 Å². The predicted octanol–water partition coefficient (Wildman–Crippen LogP) is 2.94. The van der Waals surface area contributed by atoms with Crippen LogP contribution < -0.4 is 4.74 Å². The van der Waals surface area contributed by atoms with Gasteiger partial charge in [0.15, 0.2) is 17.3 Å². The van der Waals surface area contributed by atoms with Crippen LogP contribution in [0.4, 0.5) is 0 Å². The van der Waals surface area contributed by atoms with E-state index < -0.39 is 10.8 Å². The third kappa shape index (κ3) is 2.18. The Kier molecular flexibility index (Phi) is 3.31. The zero-order valence-corrected chi connectivity index (χ0v) is 13.1. The molecule has 7 heteroatoms. The number of aromatic nitrogens is 1. The minimum Gasteiger partial charge on any atom is -0.490 e. The van der Waals surface area contributed by atoms with E-state index in [1.807, 2.05) is 0 Å². The zero-order chi connectivity index (χ0) is 15.3. The molecular formula is C15H12ClNO4S. The lowest BCUT2D eigenvalue weighted by molar-refractivity contribution is 0.103. The van der Waals surface area contributed by atoms with Gasteiger partial charge in [-0.15, -0.1) is 0 Å². The average molecular weight is 338 g/mol. The Bertz CT molecular complexity index is 797. The molecule has 1 aliphatic carbocycles. The first-order chi connectivity index (χ1) is 10.7. The van der Waals surface area contributed by atoms with Crippen LogP contribution in [-0.2, 0) is 10.8 Å². The summed E-state index contributed by atoms with van der Waals surface area (Å²) in [6.07, 6.45) is 3.44. The van der Waals surface area contributed by atoms with Crippen molar-refractivity contribution in [3.63, 3.8) is 0 Å². The summed E-state index contributed by atoms with van der Waals surface area (Å²) in [5.74, 6) is 1.35. The molecule has 0 amide bonds. The van der Waals surface area contributed by atoms with Crippen LogP contribution >= 0.6 is 11.6 Å². The molecule has 1 fully saturated rings. The van der Waals surface area contributed by atoms with Crippen LogP contribution in [0.15, 0.2) is 27.7 Å². The third-order valence-electron chi connectivity index (χ3n) is 3.84. The van der Waals surface area contributed by atoms with Gasteiger partial charge in [-0.3, -0.25) is 9.00 Å². The second-order valence-electron chi connectivity index (χ2n) is 5.36. The second kappa shape index (κ2) is 5.21. The summed E-state index contributed by atoms with van der Waals surface area (Å²) in [5.41, 5.74) is 0.789. The maximum absolute atomic E-state index is 12.9. The molecular weight excluding hydrogens is 326 g/mol. The van der Waals surface area contributed by atoms with E-state index in [0.29, 0.717) is 44.9 Å². The average Bonchev–Trinajstić information content (AvgIpc) is 3.25. The van der Waals surface area contributed by atoms with Crippen molar-refractivity contribution >= 4 is 28.2 Å². The van der Waals surface area contributed by atoms with Crippen molar-refractivity contribution in [2.45, 2.75) is 23.7 Å². The molecule has 0 saturated heterocycles. The van der Waals surface area contributed by atoms with Gasteiger partial charge in [0.2, 0.25) is 0 Å².